The summed E-state index contributed by atoms with van der Waals surface area (Å²) in [4.78, 5) is 122. The average Bonchev–Trinajstić information content (AvgIpc) is 4.15. The Morgan fingerprint density at radius 1 is 0.658 bits per heavy atom. The maximum Gasteiger partial charge on any atom is 0.511 e. The number of thiazole rings is 2. The fourth-order valence-electron chi connectivity index (χ4n) is 6.89. The van der Waals surface area contributed by atoms with Gasteiger partial charge in [0.25, 0.3) is 33.7 Å². The standard InChI is InChI=1S/2C21H27N5O9S2.CH4O3S/c2*1-9(2)33-21(30)35-10(3)34-19(29)15-11(6-31-4)7-36-18-14(17(28)26(15)18)24-16(27)13(25-32-5)12-8-37-20(22)23-12;1-5(2,3)4/h2*8-10,14,18H,6-7H2,1-5H3,(H2,22,23)(H,24,27);1H3,(H,2,3,4)/b2*25-13-;/t10?,14-,18-;;/m1../s1. The second kappa shape index (κ2) is 29.4. The number of methoxy groups -OCH3 is 2. The quantitative estimate of drug-likeness (QED) is 0.0236. The van der Waals surface area contributed by atoms with Gasteiger partial charge >= 0.3 is 24.2 Å². The summed E-state index contributed by atoms with van der Waals surface area (Å²) in [5, 5.41) is 15.0. The van der Waals surface area contributed by atoms with Crippen LogP contribution in [-0.2, 0) is 86.5 Å². The molecule has 6 rings (SSSR count). The molecule has 6 atom stereocenters. The first-order valence-corrected chi connectivity index (χ1v) is 28.5. The second-order valence-corrected chi connectivity index (χ2v) is 22.1. The molecule has 0 radical (unpaired) electrons. The Hall–Kier alpha value is -6.83. The number of nitrogen functional groups attached to an aromatic ring is 2. The number of anilines is 2. The molecule has 4 unspecified atom stereocenters. The lowest BCUT2D eigenvalue weighted by atomic mass is 10.0. The number of thioether (sulfide) groups is 2. The van der Waals surface area contributed by atoms with Crippen molar-refractivity contribution in [3.63, 3.8) is 0 Å². The number of carbonyl (C=O) groups is 8. The molecule has 2 aromatic heterocycles. The number of β-lactam (4-membered cyclic amide) rings is 2. The molecule has 4 aliphatic heterocycles. The number of oxime groups is 2. The zero-order valence-corrected chi connectivity index (χ0v) is 48.2. The predicted molar refractivity (Wildman–Crippen MR) is 282 cm³/mol. The smallest absolute Gasteiger partial charge is 0.431 e. The van der Waals surface area contributed by atoms with E-state index in [1.807, 2.05) is 0 Å². The molecule has 4 aliphatic rings. The lowest BCUT2D eigenvalue weighted by molar-refractivity contribution is -0.170. The minimum atomic E-state index is -3.67. The van der Waals surface area contributed by atoms with Gasteiger partial charge in [-0.2, -0.15) is 8.42 Å². The van der Waals surface area contributed by atoms with Crippen molar-refractivity contribution in [2.24, 2.45) is 10.3 Å². The number of nitrogens with two attached hydrogens (primary N) is 2. The molecule has 2 saturated heterocycles. The maximum absolute atomic E-state index is 13.1. The monoisotopic (exact) mass is 1210 g/mol. The summed E-state index contributed by atoms with van der Waals surface area (Å²) in [6.45, 7) is 9.36. The fraction of sp³-hybridized carbons (Fsp3) is 0.535. The molecule has 6 heterocycles. The first kappa shape index (κ1) is 64.7. The highest BCUT2D eigenvalue weighted by atomic mass is 32.2. The molecule has 36 heteroatoms. The third-order valence-electron chi connectivity index (χ3n) is 9.75. The van der Waals surface area contributed by atoms with Gasteiger partial charge in [0.05, 0.1) is 31.7 Å². The summed E-state index contributed by atoms with van der Waals surface area (Å²) in [6.07, 6.45) is -4.70. The highest BCUT2D eigenvalue weighted by Crippen LogP contribution is 2.42. The van der Waals surface area contributed by atoms with E-state index >= 15 is 0 Å². The minimum Gasteiger partial charge on any atom is -0.431 e. The average molecular weight is 1210 g/mol. The molecule has 2 aromatic rings. The number of rotatable bonds is 20. The van der Waals surface area contributed by atoms with Crippen molar-refractivity contribution in [1.82, 2.24) is 30.4 Å². The predicted octanol–water partition coefficient (Wildman–Crippen LogP) is 1.16. The van der Waals surface area contributed by atoms with Gasteiger partial charge in [0.15, 0.2) is 21.7 Å². The fourth-order valence-corrected chi connectivity index (χ4v) is 10.6. The Bertz CT molecular complexity index is 2660. The van der Waals surface area contributed by atoms with E-state index in [-0.39, 0.29) is 57.7 Å². The number of fused-ring (bicyclic) bond motifs is 2. The molecule has 2 fully saturated rings. The van der Waals surface area contributed by atoms with Gasteiger partial charge in [-0.15, -0.1) is 46.2 Å². The molecule has 7 N–H and O–H groups in total. The third-order valence-corrected chi connectivity index (χ3v) is 13.8. The number of hydrogen-bond donors (Lipinski definition) is 5. The molecule has 0 spiro atoms. The van der Waals surface area contributed by atoms with Crippen LogP contribution in [0.4, 0.5) is 19.9 Å². The molecule has 0 aliphatic carbocycles. The normalized spacial score (nSPS) is 19.6. The van der Waals surface area contributed by atoms with Crippen LogP contribution in [0.15, 0.2) is 43.6 Å². The first-order chi connectivity index (χ1) is 37.1. The molecule has 4 amide bonds. The molecular weight excluding hydrogens is 1150 g/mol. The topological polar surface area (TPSA) is 416 Å². The second-order valence-electron chi connectivity index (χ2n) is 16.6. The van der Waals surface area contributed by atoms with Crippen LogP contribution in [0.1, 0.15) is 52.9 Å². The van der Waals surface area contributed by atoms with Crippen LogP contribution in [-0.4, -0.2) is 199 Å². The Morgan fingerprint density at radius 3 is 1.28 bits per heavy atom. The highest BCUT2D eigenvalue weighted by molar-refractivity contribution is 8.00. The summed E-state index contributed by atoms with van der Waals surface area (Å²) in [7, 11) is 1.76. The number of carbonyl (C=O) groups excluding carboxylic acids is 8. The van der Waals surface area contributed by atoms with Gasteiger partial charge in [-0.3, -0.25) is 33.5 Å². The van der Waals surface area contributed by atoms with E-state index in [0.29, 0.717) is 28.9 Å². The van der Waals surface area contributed by atoms with Crippen molar-refractivity contribution in [2.75, 3.05) is 70.9 Å². The molecule has 0 saturated carbocycles. The van der Waals surface area contributed by atoms with Crippen molar-refractivity contribution >= 4 is 126 Å². The minimum absolute atomic E-state index is 0.0353. The summed E-state index contributed by atoms with van der Waals surface area (Å²) in [5.41, 5.74) is 12.3. The van der Waals surface area contributed by atoms with Crippen LogP contribution >= 0.6 is 46.2 Å². The van der Waals surface area contributed by atoms with Crippen LogP contribution in [0, 0.1) is 0 Å². The number of nitrogens with zero attached hydrogens (tertiary/aromatic N) is 6. The number of nitrogens with one attached hydrogen (secondary N) is 2. The molecule has 436 valence electrons. The number of aromatic nitrogens is 2. The lowest BCUT2D eigenvalue weighted by Crippen LogP contribution is -2.71. The largest absolute Gasteiger partial charge is 0.511 e. The highest BCUT2D eigenvalue weighted by Gasteiger charge is 2.56. The van der Waals surface area contributed by atoms with Gasteiger partial charge in [-0.25, -0.2) is 29.1 Å². The van der Waals surface area contributed by atoms with Crippen LogP contribution in [0.25, 0.3) is 0 Å². The lowest BCUT2D eigenvalue weighted by Gasteiger charge is -2.49. The van der Waals surface area contributed by atoms with Gasteiger partial charge in [-0.1, -0.05) is 10.3 Å². The van der Waals surface area contributed by atoms with E-state index < -0.39 is 106 Å². The summed E-state index contributed by atoms with van der Waals surface area (Å²) >= 11 is 4.89. The van der Waals surface area contributed by atoms with Gasteiger partial charge in [-0.05, 0) is 38.8 Å². The van der Waals surface area contributed by atoms with Crippen molar-refractivity contribution in [1.29, 1.82) is 0 Å². The number of ether oxygens (including phenoxy) is 8. The van der Waals surface area contributed by atoms with E-state index in [2.05, 4.69) is 30.9 Å². The Morgan fingerprint density at radius 2 is 1.00 bits per heavy atom. The van der Waals surface area contributed by atoms with Crippen molar-refractivity contribution in [2.45, 2.75) is 89.2 Å². The molecule has 0 aromatic carbocycles. The number of esters is 2. The zero-order chi connectivity index (χ0) is 59.1. The van der Waals surface area contributed by atoms with Crippen molar-refractivity contribution in [3.8, 4) is 0 Å². The van der Waals surface area contributed by atoms with E-state index in [1.165, 1.54) is 86.4 Å². The van der Waals surface area contributed by atoms with E-state index in [0.717, 1.165) is 22.7 Å². The SMILES string of the molecule is COCC1=C(C(=O)OC(C)OC(=O)OC(C)C)N2C(=O)C(NC(=O)/C(=N\OC)c3csc(N)n3)C2SC1.COCC1=C(C(=O)OC(C)OC(=O)OC(C)C)N2C(=O)[C@@H](NC(=O)/C(=N\OC)c3csc(N)n3)[C@H]2SC1.CS(=O)(=O)O. The van der Waals surface area contributed by atoms with Crippen LogP contribution < -0.4 is 22.1 Å². The van der Waals surface area contributed by atoms with E-state index in [4.69, 9.17) is 63.6 Å². The van der Waals surface area contributed by atoms with Gasteiger partial charge in [0.2, 0.25) is 12.6 Å². The van der Waals surface area contributed by atoms with E-state index in [9.17, 15) is 46.8 Å². The maximum atomic E-state index is 13.1. The first-order valence-electron chi connectivity index (χ1n) is 22.8. The molecule has 31 nitrogen and oxygen atoms in total. The molecule has 0 bridgehead atoms. The molecule has 79 heavy (non-hydrogen) atoms. The third kappa shape index (κ3) is 18.1. The van der Waals surface area contributed by atoms with E-state index in [1.54, 1.807) is 27.7 Å². The van der Waals surface area contributed by atoms with Gasteiger partial charge in [0, 0.05) is 50.3 Å². The van der Waals surface area contributed by atoms with Gasteiger partial charge in [0.1, 0.15) is 59.8 Å². The number of amides is 4. The van der Waals surface area contributed by atoms with Gasteiger partial charge < -0.3 is 69.7 Å². The van der Waals surface area contributed by atoms with Crippen LogP contribution in [0.2, 0.25) is 0 Å². The molecular formula is C43H58N10O21S5. The Balaban J connectivity index is 0.000000313. The van der Waals surface area contributed by atoms with Crippen LogP contribution in [0.5, 0.6) is 0 Å². The van der Waals surface area contributed by atoms with Crippen LogP contribution in [0.3, 0.4) is 0 Å². The summed E-state index contributed by atoms with van der Waals surface area (Å²) in [6, 6.07) is -1.92. The Kier molecular flexibility index (Phi) is 24.1. The summed E-state index contributed by atoms with van der Waals surface area (Å²) < 4.78 is 66.3. The summed E-state index contributed by atoms with van der Waals surface area (Å²) in [5.74, 6) is -3.63. The zero-order valence-electron chi connectivity index (χ0n) is 44.1. The van der Waals surface area contributed by atoms with Crippen molar-refractivity contribution in [3.05, 3.63) is 44.7 Å². The van der Waals surface area contributed by atoms with Crippen molar-refractivity contribution < 1.29 is 98.9 Å². The Labute approximate surface area is 468 Å². The number of hydrogen-bond acceptors (Lipinski definition) is 30.